The van der Waals surface area contributed by atoms with E-state index in [0.29, 0.717) is 22.7 Å². The summed E-state index contributed by atoms with van der Waals surface area (Å²) >= 11 is 0. The van der Waals surface area contributed by atoms with Gasteiger partial charge in [0, 0.05) is 12.3 Å². The smallest absolute Gasteiger partial charge is 0.349 e. The van der Waals surface area contributed by atoms with Crippen molar-refractivity contribution in [2.24, 2.45) is 0 Å². The quantitative estimate of drug-likeness (QED) is 0.397. The standard InChI is InChI=1S/C20H18F3N5O5/c1-19(2)17(30)27(13-6-7-15(28(32)33)14(9-13)20(21,22)23)18(31)26(19)11-16(29)25-10-12-5-3-4-8-24-12/h3-9H,10-11H2,1-2H3,(H,25,29). The van der Waals surface area contributed by atoms with Crippen LogP contribution in [0.2, 0.25) is 0 Å². The highest BCUT2D eigenvalue weighted by molar-refractivity contribution is 6.23. The Morgan fingerprint density at radius 1 is 1.21 bits per heavy atom. The van der Waals surface area contributed by atoms with Crippen molar-refractivity contribution in [1.82, 2.24) is 15.2 Å². The number of carbonyl (C=O) groups excluding carboxylic acids is 3. The zero-order chi connectivity index (χ0) is 24.6. The number of anilines is 1. The molecule has 0 radical (unpaired) electrons. The predicted molar refractivity (Wildman–Crippen MR) is 108 cm³/mol. The van der Waals surface area contributed by atoms with Gasteiger partial charge in [0.25, 0.3) is 11.6 Å². The van der Waals surface area contributed by atoms with E-state index in [1.807, 2.05) is 0 Å². The third-order valence-corrected chi connectivity index (χ3v) is 5.06. The molecule has 174 valence electrons. The molecule has 1 aliphatic rings. The highest BCUT2D eigenvalue weighted by Gasteiger charge is 2.53. The number of alkyl halides is 3. The fraction of sp³-hybridized carbons (Fsp3) is 0.300. The molecule has 1 aromatic heterocycles. The van der Waals surface area contributed by atoms with Gasteiger partial charge in [-0.1, -0.05) is 6.07 Å². The van der Waals surface area contributed by atoms with Crippen LogP contribution in [0.25, 0.3) is 0 Å². The molecular formula is C20H18F3N5O5. The molecule has 0 atom stereocenters. The Balaban J connectivity index is 1.86. The first kappa shape index (κ1) is 23.6. The molecule has 0 spiro atoms. The van der Waals surface area contributed by atoms with Gasteiger partial charge >= 0.3 is 12.2 Å². The van der Waals surface area contributed by atoms with Crippen LogP contribution in [0.3, 0.4) is 0 Å². The van der Waals surface area contributed by atoms with E-state index in [9.17, 15) is 37.7 Å². The van der Waals surface area contributed by atoms with Gasteiger partial charge in [-0.05, 0) is 38.1 Å². The lowest BCUT2D eigenvalue weighted by Crippen LogP contribution is -2.48. The molecule has 0 saturated carbocycles. The summed E-state index contributed by atoms with van der Waals surface area (Å²) in [6, 6.07) is 5.88. The molecule has 2 heterocycles. The number of nitrogens with zero attached hydrogens (tertiary/aromatic N) is 4. The molecular weight excluding hydrogens is 447 g/mol. The predicted octanol–water partition coefficient (Wildman–Crippen LogP) is 2.87. The van der Waals surface area contributed by atoms with Crippen molar-refractivity contribution in [2.45, 2.75) is 32.1 Å². The Morgan fingerprint density at radius 3 is 2.48 bits per heavy atom. The Kier molecular flexibility index (Phi) is 6.07. The van der Waals surface area contributed by atoms with Crippen LogP contribution in [0, 0.1) is 10.1 Å². The van der Waals surface area contributed by atoms with Gasteiger partial charge in [0.1, 0.15) is 17.6 Å². The molecule has 0 unspecified atom stereocenters. The molecule has 33 heavy (non-hydrogen) atoms. The number of benzene rings is 1. The first-order valence-corrected chi connectivity index (χ1v) is 9.52. The second-order valence-corrected chi connectivity index (χ2v) is 7.62. The van der Waals surface area contributed by atoms with Crippen molar-refractivity contribution in [3.8, 4) is 0 Å². The normalized spacial score (nSPS) is 15.7. The van der Waals surface area contributed by atoms with Crippen molar-refractivity contribution >= 4 is 29.2 Å². The molecule has 1 aliphatic heterocycles. The second kappa shape index (κ2) is 8.48. The lowest BCUT2D eigenvalue weighted by molar-refractivity contribution is -0.388. The summed E-state index contributed by atoms with van der Waals surface area (Å²) in [5.74, 6) is -1.50. The molecule has 13 heteroatoms. The maximum Gasteiger partial charge on any atom is 0.423 e. The van der Waals surface area contributed by atoms with Crippen molar-refractivity contribution in [3.63, 3.8) is 0 Å². The minimum atomic E-state index is -5.09. The lowest BCUT2D eigenvalue weighted by atomic mass is 10.0. The average Bonchev–Trinajstić information content (AvgIpc) is 2.91. The largest absolute Gasteiger partial charge is 0.423 e. The number of rotatable bonds is 6. The minimum absolute atomic E-state index is 0.0666. The maximum atomic E-state index is 13.3. The number of nitro benzene ring substituents is 1. The monoisotopic (exact) mass is 465 g/mol. The van der Waals surface area contributed by atoms with E-state index in [0.717, 1.165) is 11.0 Å². The number of halogens is 3. The molecule has 10 nitrogen and oxygen atoms in total. The van der Waals surface area contributed by atoms with Crippen LogP contribution >= 0.6 is 0 Å². The van der Waals surface area contributed by atoms with Gasteiger partial charge in [-0.2, -0.15) is 13.2 Å². The summed E-state index contributed by atoms with van der Waals surface area (Å²) in [4.78, 5) is 53.4. The van der Waals surface area contributed by atoms with E-state index in [1.165, 1.54) is 20.0 Å². The van der Waals surface area contributed by atoms with Gasteiger partial charge in [0.05, 0.1) is 22.8 Å². The van der Waals surface area contributed by atoms with Crippen molar-refractivity contribution < 1.29 is 32.5 Å². The maximum absolute atomic E-state index is 13.3. The zero-order valence-corrected chi connectivity index (χ0v) is 17.4. The molecule has 1 aromatic carbocycles. The van der Waals surface area contributed by atoms with E-state index < -0.39 is 58.0 Å². The van der Waals surface area contributed by atoms with Crippen LogP contribution in [0.4, 0.5) is 29.3 Å². The number of hydrogen-bond acceptors (Lipinski definition) is 6. The van der Waals surface area contributed by atoms with Crippen LogP contribution in [0.1, 0.15) is 25.1 Å². The van der Waals surface area contributed by atoms with Crippen LogP contribution in [0.15, 0.2) is 42.6 Å². The molecule has 3 rings (SSSR count). The van der Waals surface area contributed by atoms with Crippen LogP contribution in [-0.2, 0) is 22.3 Å². The number of imide groups is 1. The SMILES string of the molecule is CC1(C)C(=O)N(c2ccc([N+](=O)[O-])c(C(F)(F)F)c2)C(=O)N1CC(=O)NCc1ccccn1. The van der Waals surface area contributed by atoms with Crippen LogP contribution in [0.5, 0.6) is 0 Å². The van der Waals surface area contributed by atoms with Crippen LogP contribution < -0.4 is 10.2 Å². The number of nitro groups is 1. The number of carbonyl (C=O) groups is 3. The Bertz CT molecular complexity index is 1120. The van der Waals surface area contributed by atoms with Gasteiger partial charge in [0.15, 0.2) is 0 Å². The van der Waals surface area contributed by atoms with Crippen LogP contribution in [-0.4, -0.2) is 44.7 Å². The zero-order valence-electron chi connectivity index (χ0n) is 17.4. The molecule has 1 fully saturated rings. The first-order chi connectivity index (χ1) is 15.3. The lowest BCUT2D eigenvalue weighted by Gasteiger charge is -2.26. The Hall–Kier alpha value is -4.03. The van der Waals surface area contributed by atoms with Crippen molar-refractivity contribution in [2.75, 3.05) is 11.4 Å². The fourth-order valence-corrected chi connectivity index (χ4v) is 3.27. The Morgan fingerprint density at radius 2 is 1.91 bits per heavy atom. The molecule has 2 aromatic rings. The van der Waals surface area contributed by atoms with Gasteiger partial charge in [-0.15, -0.1) is 0 Å². The molecule has 1 saturated heterocycles. The van der Waals surface area contributed by atoms with E-state index in [1.54, 1.807) is 18.2 Å². The minimum Gasteiger partial charge on any atom is -0.349 e. The third-order valence-electron chi connectivity index (χ3n) is 5.06. The summed E-state index contributed by atoms with van der Waals surface area (Å²) < 4.78 is 40.0. The van der Waals surface area contributed by atoms with E-state index >= 15 is 0 Å². The second-order valence-electron chi connectivity index (χ2n) is 7.62. The van der Waals surface area contributed by atoms with E-state index in [-0.39, 0.29) is 6.54 Å². The van der Waals surface area contributed by atoms with Crippen molar-refractivity contribution in [3.05, 3.63) is 64.0 Å². The number of aromatic nitrogens is 1. The van der Waals surface area contributed by atoms with Crippen molar-refractivity contribution in [1.29, 1.82) is 0 Å². The number of hydrogen-bond donors (Lipinski definition) is 1. The topological polar surface area (TPSA) is 126 Å². The van der Waals surface area contributed by atoms with E-state index in [4.69, 9.17) is 0 Å². The van der Waals surface area contributed by atoms with E-state index in [2.05, 4.69) is 10.3 Å². The van der Waals surface area contributed by atoms with Gasteiger partial charge < -0.3 is 10.2 Å². The molecule has 4 amide bonds. The summed E-state index contributed by atoms with van der Waals surface area (Å²) in [6.07, 6.45) is -3.56. The molecule has 1 N–H and O–H groups in total. The number of urea groups is 1. The average molecular weight is 465 g/mol. The Labute approximate surface area is 185 Å². The number of pyridine rings is 1. The summed E-state index contributed by atoms with van der Waals surface area (Å²) in [5.41, 5.74) is -4.31. The highest BCUT2D eigenvalue weighted by Crippen LogP contribution is 2.40. The fourth-order valence-electron chi connectivity index (χ4n) is 3.27. The number of nitrogens with one attached hydrogen (secondary N) is 1. The third kappa shape index (κ3) is 4.61. The van der Waals surface area contributed by atoms with Gasteiger partial charge in [0.2, 0.25) is 5.91 Å². The number of amides is 4. The van der Waals surface area contributed by atoms with Gasteiger partial charge in [-0.25, -0.2) is 9.69 Å². The van der Waals surface area contributed by atoms with Gasteiger partial charge in [-0.3, -0.25) is 24.7 Å². The summed E-state index contributed by atoms with van der Waals surface area (Å²) in [5, 5.41) is 13.5. The molecule has 0 aliphatic carbocycles. The highest BCUT2D eigenvalue weighted by atomic mass is 19.4. The summed E-state index contributed by atoms with van der Waals surface area (Å²) in [6.45, 7) is 2.21. The molecule has 0 bridgehead atoms. The summed E-state index contributed by atoms with van der Waals surface area (Å²) in [7, 11) is 0. The first-order valence-electron chi connectivity index (χ1n) is 9.52.